The molecule has 0 saturated heterocycles. The summed E-state index contributed by atoms with van der Waals surface area (Å²) in [6, 6.07) is 19.8. The van der Waals surface area contributed by atoms with Gasteiger partial charge in [-0.15, -0.1) is 6.58 Å². The van der Waals surface area contributed by atoms with Crippen molar-refractivity contribution in [1.82, 2.24) is 0 Å². The van der Waals surface area contributed by atoms with Gasteiger partial charge < -0.3 is 0 Å². The fourth-order valence-electron chi connectivity index (χ4n) is 3.86. The van der Waals surface area contributed by atoms with Crippen LogP contribution in [0, 0.1) is 0 Å². The van der Waals surface area contributed by atoms with Crippen LogP contribution in [0.2, 0.25) is 0 Å². The molecule has 0 bridgehead atoms. The topological polar surface area (TPSA) is 0 Å². The molecule has 1 fully saturated rings. The standard InChI is InChI=1S/C18H20.C8H16/c1-3-9-15(10-4-1)17-13-7-8-14-18(17)16-11-5-2-6-12-16;1-3-5-7-8-6-4-2/h1,3-4,7-10,13-14,16H,2,5-6,11-12H2;3H,1,4-8H2,2H3. The van der Waals surface area contributed by atoms with Crippen LogP contribution in [0.3, 0.4) is 0 Å². The lowest BCUT2D eigenvalue weighted by Crippen LogP contribution is -2.05. The van der Waals surface area contributed by atoms with Gasteiger partial charge in [0.25, 0.3) is 0 Å². The number of rotatable bonds is 7. The number of unbranched alkanes of at least 4 members (excludes halogenated alkanes) is 4. The summed E-state index contributed by atoms with van der Waals surface area (Å²) in [5, 5.41) is 0. The molecule has 2 aromatic rings. The molecular weight excluding hydrogens is 312 g/mol. The van der Waals surface area contributed by atoms with E-state index in [1.54, 1.807) is 5.56 Å². The molecule has 0 aromatic heterocycles. The zero-order valence-corrected chi connectivity index (χ0v) is 16.6. The van der Waals surface area contributed by atoms with Gasteiger partial charge in [0.2, 0.25) is 0 Å². The number of hydrogen-bond acceptors (Lipinski definition) is 0. The molecule has 1 saturated carbocycles. The van der Waals surface area contributed by atoms with Crippen molar-refractivity contribution < 1.29 is 0 Å². The molecule has 140 valence electrons. The number of benzene rings is 2. The van der Waals surface area contributed by atoms with Crippen molar-refractivity contribution in [3.05, 3.63) is 72.8 Å². The van der Waals surface area contributed by atoms with E-state index in [0.29, 0.717) is 0 Å². The molecule has 1 aliphatic carbocycles. The van der Waals surface area contributed by atoms with E-state index in [0.717, 1.165) is 5.92 Å². The lowest BCUT2D eigenvalue weighted by molar-refractivity contribution is 0.444. The SMILES string of the molecule is C=CCCCCCC.c1ccc(-c2ccccc2C2CCCCC2)cc1. The van der Waals surface area contributed by atoms with E-state index < -0.39 is 0 Å². The Morgan fingerprint density at radius 3 is 2.23 bits per heavy atom. The second kappa shape index (κ2) is 12.5. The molecule has 26 heavy (non-hydrogen) atoms. The first-order valence-electron chi connectivity index (χ1n) is 10.6. The van der Waals surface area contributed by atoms with Crippen LogP contribution in [0.25, 0.3) is 11.1 Å². The molecule has 0 spiro atoms. The smallest absolute Gasteiger partial charge is 0.0149 e. The second-order valence-corrected chi connectivity index (χ2v) is 7.43. The maximum absolute atomic E-state index is 3.66. The summed E-state index contributed by atoms with van der Waals surface area (Å²) < 4.78 is 0. The molecule has 0 radical (unpaired) electrons. The van der Waals surface area contributed by atoms with Gasteiger partial charge in [-0.2, -0.15) is 0 Å². The first-order valence-corrected chi connectivity index (χ1v) is 10.6. The molecule has 0 aliphatic heterocycles. The highest BCUT2D eigenvalue weighted by Crippen LogP contribution is 2.37. The summed E-state index contributed by atoms with van der Waals surface area (Å²) >= 11 is 0. The van der Waals surface area contributed by atoms with Crippen molar-refractivity contribution in [2.24, 2.45) is 0 Å². The van der Waals surface area contributed by atoms with Gasteiger partial charge in [0, 0.05) is 0 Å². The monoisotopic (exact) mass is 348 g/mol. The van der Waals surface area contributed by atoms with Crippen LogP contribution in [-0.2, 0) is 0 Å². The minimum absolute atomic E-state index is 0.773. The van der Waals surface area contributed by atoms with E-state index in [2.05, 4.69) is 68.1 Å². The molecule has 0 heterocycles. The minimum Gasteiger partial charge on any atom is -0.103 e. The molecule has 0 heteroatoms. The average Bonchev–Trinajstić information content (AvgIpc) is 2.73. The van der Waals surface area contributed by atoms with Gasteiger partial charge in [0.15, 0.2) is 0 Å². The maximum atomic E-state index is 3.66. The Bertz CT molecular complexity index is 605. The highest BCUT2D eigenvalue weighted by atomic mass is 14.2. The first-order chi connectivity index (χ1) is 12.9. The maximum Gasteiger partial charge on any atom is -0.0149 e. The zero-order chi connectivity index (χ0) is 18.5. The number of hydrogen-bond donors (Lipinski definition) is 0. The van der Waals surface area contributed by atoms with Crippen molar-refractivity contribution in [3.8, 4) is 11.1 Å². The average molecular weight is 349 g/mol. The molecule has 3 rings (SSSR count). The second-order valence-electron chi connectivity index (χ2n) is 7.43. The van der Waals surface area contributed by atoms with Gasteiger partial charge in [-0.25, -0.2) is 0 Å². The van der Waals surface area contributed by atoms with E-state index in [-0.39, 0.29) is 0 Å². The van der Waals surface area contributed by atoms with E-state index in [1.165, 1.54) is 75.3 Å². The van der Waals surface area contributed by atoms with E-state index in [9.17, 15) is 0 Å². The Balaban J connectivity index is 0.000000260. The highest BCUT2D eigenvalue weighted by molar-refractivity contribution is 5.68. The summed E-state index contributed by atoms with van der Waals surface area (Å²) in [4.78, 5) is 0. The largest absolute Gasteiger partial charge is 0.103 e. The van der Waals surface area contributed by atoms with Gasteiger partial charge in [-0.05, 0) is 48.3 Å². The quantitative estimate of drug-likeness (QED) is 0.347. The number of allylic oxidation sites excluding steroid dienone is 1. The van der Waals surface area contributed by atoms with Gasteiger partial charge in [0.05, 0.1) is 0 Å². The predicted octanol–water partition coefficient (Wildman–Crippen LogP) is 8.54. The van der Waals surface area contributed by atoms with Crippen molar-refractivity contribution in [2.75, 3.05) is 0 Å². The van der Waals surface area contributed by atoms with Crippen molar-refractivity contribution in [2.45, 2.75) is 77.0 Å². The molecule has 2 aromatic carbocycles. The van der Waals surface area contributed by atoms with Crippen LogP contribution >= 0.6 is 0 Å². The lowest BCUT2D eigenvalue weighted by Gasteiger charge is -2.24. The predicted molar refractivity (Wildman–Crippen MR) is 117 cm³/mol. The van der Waals surface area contributed by atoms with Crippen molar-refractivity contribution >= 4 is 0 Å². The van der Waals surface area contributed by atoms with E-state index >= 15 is 0 Å². The minimum atomic E-state index is 0.773. The fourth-order valence-corrected chi connectivity index (χ4v) is 3.86. The third-order valence-corrected chi connectivity index (χ3v) is 5.35. The Labute approximate surface area is 161 Å². The van der Waals surface area contributed by atoms with Gasteiger partial charge >= 0.3 is 0 Å². The van der Waals surface area contributed by atoms with Crippen LogP contribution < -0.4 is 0 Å². The Kier molecular flexibility index (Phi) is 9.87. The summed E-state index contributed by atoms with van der Waals surface area (Å²) in [6.07, 6.45) is 15.6. The Morgan fingerprint density at radius 2 is 1.54 bits per heavy atom. The fraction of sp³-hybridized carbons (Fsp3) is 0.462. The van der Waals surface area contributed by atoms with Crippen molar-refractivity contribution in [1.29, 1.82) is 0 Å². The molecule has 0 atom stereocenters. The zero-order valence-electron chi connectivity index (χ0n) is 16.6. The Hall–Kier alpha value is -1.82. The van der Waals surface area contributed by atoms with Gasteiger partial charge in [0.1, 0.15) is 0 Å². The summed E-state index contributed by atoms with van der Waals surface area (Å²) in [5.41, 5.74) is 4.35. The summed E-state index contributed by atoms with van der Waals surface area (Å²) in [6.45, 7) is 5.89. The molecule has 0 N–H and O–H groups in total. The van der Waals surface area contributed by atoms with Crippen LogP contribution in [0.5, 0.6) is 0 Å². The molecule has 0 amide bonds. The highest BCUT2D eigenvalue weighted by Gasteiger charge is 2.18. The Morgan fingerprint density at radius 1 is 0.846 bits per heavy atom. The molecule has 0 nitrogen and oxygen atoms in total. The van der Waals surface area contributed by atoms with Crippen LogP contribution in [0.1, 0.15) is 82.6 Å². The van der Waals surface area contributed by atoms with E-state index in [4.69, 9.17) is 0 Å². The normalized spacial score (nSPS) is 14.3. The lowest BCUT2D eigenvalue weighted by atomic mass is 9.81. The molecule has 1 aliphatic rings. The van der Waals surface area contributed by atoms with Crippen LogP contribution in [0.4, 0.5) is 0 Å². The van der Waals surface area contributed by atoms with Gasteiger partial charge in [-0.3, -0.25) is 0 Å². The van der Waals surface area contributed by atoms with Crippen LogP contribution in [-0.4, -0.2) is 0 Å². The summed E-state index contributed by atoms with van der Waals surface area (Å²) in [7, 11) is 0. The summed E-state index contributed by atoms with van der Waals surface area (Å²) in [5.74, 6) is 0.773. The van der Waals surface area contributed by atoms with E-state index in [1.807, 2.05) is 6.08 Å². The third-order valence-electron chi connectivity index (χ3n) is 5.35. The van der Waals surface area contributed by atoms with Crippen molar-refractivity contribution in [3.63, 3.8) is 0 Å². The molecule has 0 unspecified atom stereocenters. The first kappa shape index (κ1) is 20.5. The van der Waals surface area contributed by atoms with Crippen LogP contribution in [0.15, 0.2) is 67.3 Å². The molecular formula is C26H36. The third kappa shape index (κ3) is 6.83. The van der Waals surface area contributed by atoms with Gasteiger partial charge in [-0.1, -0.05) is 106 Å².